The molecule has 0 aromatic rings. The first-order chi connectivity index (χ1) is 6.65. The smallest absolute Gasteiger partial charge is 0.000376 e. The lowest BCUT2D eigenvalue weighted by molar-refractivity contribution is 0.125. The van der Waals surface area contributed by atoms with Gasteiger partial charge in [0.1, 0.15) is 0 Å². The molecule has 0 N–H and O–H groups in total. The van der Waals surface area contributed by atoms with Crippen molar-refractivity contribution in [2.75, 3.05) is 20.6 Å². The molecule has 14 heavy (non-hydrogen) atoms. The molecule has 0 atom stereocenters. The van der Waals surface area contributed by atoms with Crippen LogP contribution >= 0.6 is 0 Å². The zero-order valence-corrected chi connectivity index (χ0v) is 10.4. The number of hydrogen-bond acceptors (Lipinski definition) is 1. The molecule has 1 aliphatic rings. The van der Waals surface area contributed by atoms with Gasteiger partial charge in [-0.15, -0.1) is 0 Å². The molecular weight excluding hydrogens is 170 g/mol. The third-order valence-electron chi connectivity index (χ3n) is 3.78. The summed E-state index contributed by atoms with van der Waals surface area (Å²) < 4.78 is 0. The van der Waals surface area contributed by atoms with E-state index >= 15 is 0 Å². The lowest BCUT2D eigenvalue weighted by atomic mass is 9.70. The van der Waals surface area contributed by atoms with Crippen LogP contribution in [-0.4, -0.2) is 25.5 Å². The number of hydrogen-bond donors (Lipinski definition) is 0. The number of nitrogens with zero attached hydrogens (tertiary/aromatic N) is 1. The first-order valence-electron chi connectivity index (χ1n) is 6.30. The Labute approximate surface area is 89.9 Å². The minimum atomic E-state index is 1.00. The standard InChI is InChI=1S/C13H27N/c1-5-11(6-2)7-12-8-13(9-12)10-14(3)4/h11-13H,5-10H2,1-4H3. The van der Waals surface area contributed by atoms with E-state index in [0.717, 1.165) is 17.8 Å². The molecule has 1 saturated carbocycles. The quantitative estimate of drug-likeness (QED) is 0.631. The Bertz CT molecular complexity index is 143. The molecule has 0 aliphatic heterocycles. The van der Waals surface area contributed by atoms with E-state index in [1.54, 1.807) is 0 Å². The average Bonchev–Trinajstić information content (AvgIpc) is 2.08. The van der Waals surface area contributed by atoms with Gasteiger partial charge in [-0.3, -0.25) is 0 Å². The molecule has 0 saturated heterocycles. The molecule has 1 nitrogen and oxygen atoms in total. The predicted molar refractivity (Wildman–Crippen MR) is 63.5 cm³/mol. The van der Waals surface area contributed by atoms with E-state index in [2.05, 4.69) is 32.8 Å². The van der Waals surface area contributed by atoms with Crippen LogP contribution < -0.4 is 0 Å². The Balaban J connectivity index is 2.09. The van der Waals surface area contributed by atoms with Gasteiger partial charge in [0.15, 0.2) is 0 Å². The maximum Gasteiger partial charge on any atom is 0.000376 e. The highest BCUT2D eigenvalue weighted by molar-refractivity contribution is 4.82. The lowest BCUT2D eigenvalue weighted by Crippen LogP contribution is -2.33. The van der Waals surface area contributed by atoms with Gasteiger partial charge in [-0.2, -0.15) is 0 Å². The summed E-state index contributed by atoms with van der Waals surface area (Å²) in [5.41, 5.74) is 0. The normalized spacial score (nSPS) is 27.0. The Kier molecular flexibility index (Phi) is 4.94. The molecule has 0 radical (unpaired) electrons. The minimum Gasteiger partial charge on any atom is -0.309 e. The third-order valence-corrected chi connectivity index (χ3v) is 3.78. The molecular formula is C13H27N. The first-order valence-corrected chi connectivity index (χ1v) is 6.30. The summed E-state index contributed by atoms with van der Waals surface area (Å²) in [6, 6.07) is 0. The molecule has 0 spiro atoms. The minimum absolute atomic E-state index is 1.00. The second-order valence-corrected chi connectivity index (χ2v) is 5.38. The van der Waals surface area contributed by atoms with Crippen molar-refractivity contribution in [3.8, 4) is 0 Å². The predicted octanol–water partition coefficient (Wildman–Crippen LogP) is 3.40. The van der Waals surface area contributed by atoms with E-state index in [1.165, 1.54) is 38.6 Å². The summed E-state index contributed by atoms with van der Waals surface area (Å²) in [5, 5.41) is 0. The molecule has 1 heteroatoms. The molecule has 0 heterocycles. The fraction of sp³-hybridized carbons (Fsp3) is 1.00. The Morgan fingerprint density at radius 2 is 1.64 bits per heavy atom. The zero-order valence-electron chi connectivity index (χ0n) is 10.4. The average molecular weight is 197 g/mol. The van der Waals surface area contributed by atoms with Gasteiger partial charge in [0, 0.05) is 6.54 Å². The lowest BCUT2D eigenvalue weighted by Gasteiger charge is -2.38. The van der Waals surface area contributed by atoms with Crippen molar-refractivity contribution < 1.29 is 0 Å². The van der Waals surface area contributed by atoms with Gasteiger partial charge in [0.25, 0.3) is 0 Å². The Hall–Kier alpha value is -0.0400. The molecule has 0 aromatic carbocycles. The molecule has 0 unspecified atom stereocenters. The van der Waals surface area contributed by atoms with Crippen LogP contribution in [0, 0.1) is 17.8 Å². The molecule has 0 bridgehead atoms. The Morgan fingerprint density at radius 3 is 2.07 bits per heavy atom. The summed E-state index contributed by atoms with van der Waals surface area (Å²) in [4.78, 5) is 2.33. The van der Waals surface area contributed by atoms with Crippen molar-refractivity contribution in [3.63, 3.8) is 0 Å². The van der Waals surface area contributed by atoms with Crippen LogP contribution in [0.2, 0.25) is 0 Å². The van der Waals surface area contributed by atoms with Gasteiger partial charge in [0.2, 0.25) is 0 Å². The molecule has 1 fully saturated rings. The van der Waals surface area contributed by atoms with Crippen molar-refractivity contribution in [2.45, 2.75) is 46.0 Å². The number of rotatable bonds is 6. The summed E-state index contributed by atoms with van der Waals surface area (Å²) in [5.74, 6) is 3.06. The van der Waals surface area contributed by atoms with E-state index in [4.69, 9.17) is 0 Å². The fourth-order valence-corrected chi connectivity index (χ4v) is 2.83. The highest BCUT2D eigenvalue weighted by atomic mass is 15.1. The summed E-state index contributed by atoms with van der Waals surface area (Å²) in [7, 11) is 4.38. The van der Waals surface area contributed by atoms with Crippen molar-refractivity contribution >= 4 is 0 Å². The van der Waals surface area contributed by atoms with Crippen molar-refractivity contribution in [1.29, 1.82) is 0 Å². The van der Waals surface area contributed by atoms with Crippen LogP contribution in [-0.2, 0) is 0 Å². The van der Waals surface area contributed by atoms with E-state index in [-0.39, 0.29) is 0 Å². The van der Waals surface area contributed by atoms with Crippen molar-refractivity contribution in [1.82, 2.24) is 4.90 Å². The maximum atomic E-state index is 2.34. The monoisotopic (exact) mass is 197 g/mol. The van der Waals surface area contributed by atoms with E-state index in [9.17, 15) is 0 Å². The molecule has 0 aromatic heterocycles. The molecule has 1 rings (SSSR count). The maximum absolute atomic E-state index is 2.34. The molecule has 0 amide bonds. The second kappa shape index (κ2) is 5.75. The summed E-state index contributed by atoms with van der Waals surface area (Å²) >= 11 is 0. The van der Waals surface area contributed by atoms with Crippen LogP contribution in [0.3, 0.4) is 0 Å². The van der Waals surface area contributed by atoms with Gasteiger partial charge in [-0.05, 0) is 51.1 Å². The van der Waals surface area contributed by atoms with E-state index in [0.29, 0.717) is 0 Å². The Morgan fingerprint density at radius 1 is 1.07 bits per heavy atom. The topological polar surface area (TPSA) is 3.24 Å². The summed E-state index contributed by atoms with van der Waals surface area (Å²) in [6.07, 6.45) is 7.25. The summed E-state index contributed by atoms with van der Waals surface area (Å²) in [6.45, 7) is 5.98. The van der Waals surface area contributed by atoms with Gasteiger partial charge < -0.3 is 4.90 Å². The van der Waals surface area contributed by atoms with Crippen LogP contribution in [0.15, 0.2) is 0 Å². The third kappa shape index (κ3) is 3.61. The zero-order chi connectivity index (χ0) is 10.6. The van der Waals surface area contributed by atoms with Crippen LogP contribution in [0.5, 0.6) is 0 Å². The largest absolute Gasteiger partial charge is 0.309 e. The molecule has 1 aliphatic carbocycles. The van der Waals surface area contributed by atoms with Gasteiger partial charge in [-0.1, -0.05) is 26.7 Å². The fourth-order valence-electron chi connectivity index (χ4n) is 2.83. The van der Waals surface area contributed by atoms with Gasteiger partial charge in [0.05, 0.1) is 0 Å². The van der Waals surface area contributed by atoms with Crippen LogP contribution in [0.25, 0.3) is 0 Å². The highest BCUT2D eigenvalue weighted by Gasteiger charge is 2.30. The first kappa shape index (κ1) is 12.0. The highest BCUT2D eigenvalue weighted by Crippen LogP contribution is 2.39. The van der Waals surface area contributed by atoms with E-state index in [1.807, 2.05) is 0 Å². The second-order valence-electron chi connectivity index (χ2n) is 5.38. The van der Waals surface area contributed by atoms with Crippen LogP contribution in [0.4, 0.5) is 0 Å². The molecule has 84 valence electrons. The van der Waals surface area contributed by atoms with Gasteiger partial charge in [-0.25, -0.2) is 0 Å². The van der Waals surface area contributed by atoms with Crippen LogP contribution in [0.1, 0.15) is 46.0 Å². The van der Waals surface area contributed by atoms with Crippen molar-refractivity contribution in [2.24, 2.45) is 17.8 Å². The van der Waals surface area contributed by atoms with Gasteiger partial charge >= 0.3 is 0 Å². The van der Waals surface area contributed by atoms with Crippen molar-refractivity contribution in [3.05, 3.63) is 0 Å². The van der Waals surface area contributed by atoms with E-state index < -0.39 is 0 Å². The SMILES string of the molecule is CCC(CC)CC1CC(CN(C)C)C1.